The number of amides is 5. The molecule has 0 bridgehead atoms. The number of nitrogens with zero attached hydrogens (tertiary/aromatic N) is 1. The second-order valence-corrected chi connectivity index (χ2v) is 12.7. The lowest BCUT2D eigenvalue weighted by Crippen LogP contribution is -2.60. The van der Waals surface area contributed by atoms with Crippen LogP contribution in [0.2, 0.25) is 0 Å². The Balaban J connectivity index is 0.00000155. The van der Waals surface area contributed by atoms with Gasteiger partial charge in [-0.1, -0.05) is 84.2 Å². The molecule has 1 saturated heterocycles. The fourth-order valence-corrected chi connectivity index (χ4v) is 4.57. The number of hydrogen-bond acceptors (Lipinski definition) is 7. The highest BCUT2D eigenvalue weighted by atomic mass is 16.5. The summed E-state index contributed by atoms with van der Waals surface area (Å²) in [6.07, 6.45) is 4.81. The Hall–Kier alpha value is -3.96. The number of esters is 1. The number of hydrogen-bond donors (Lipinski definition) is 4. The van der Waals surface area contributed by atoms with Crippen molar-refractivity contribution in [2.24, 2.45) is 17.1 Å². The molecule has 12 nitrogen and oxygen atoms in total. The van der Waals surface area contributed by atoms with Gasteiger partial charge in [0.25, 0.3) is 5.91 Å². The molecule has 0 spiro atoms. The fourth-order valence-electron chi connectivity index (χ4n) is 4.57. The van der Waals surface area contributed by atoms with Crippen LogP contribution in [0.3, 0.4) is 0 Å². The van der Waals surface area contributed by atoms with Crippen LogP contribution in [0.15, 0.2) is 30.3 Å². The summed E-state index contributed by atoms with van der Waals surface area (Å²) in [5.74, 6) is -2.68. The minimum atomic E-state index is -1.17. The van der Waals surface area contributed by atoms with Crippen molar-refractivity contribution in [3.63, 3.8) is 0 Å². The average molecular weight is 616 g/mol. The summed E-state index contributed by atoms with van der Waals surface area (Å²) in [5.41, 5.74) is 5.07. The fraction of sp³-hybridized carbons (Fsp3) is 0.625. The Labute approximate surface area is 260 Å². The maximum Gasteiger partial charge on any atom is 0.329 e. The zero-order valence-corrected chi connectivity index (χ0v) is 26.8. The third kappa shape index (κ3) is 11.6. The third-order valence-electron chi connectivity index (χ3n) is 7.48. The van der Waals surface area contributed by atoms with Gasteiger partial charge in [-0.05, 0) is 43.1 Å². The quantitative estimate of drug-likeness (QED) is 0.206. The first-order chi connectivity index (χ1) is 20.6. The lowest BCUT2D eigenvalue weighted by atomic mass is 9.85. The van der Waals surface area contributed by atoms with Gasteiger partial charge in [0.2, 0.25) is 17.6 Å². The van der Waals surface area contributed by atoms with Crippen LogP contribution in [0.25, 0.3) is 0 Å². The number of ether oxygens (including phenoxy) is 1. The number of carbonyl (C=O) groups excluding carboxylic acids is 6. The second-order valence-electron chi connectivity index (χ2n) is 12.7. The normalized spacial score (nSPS) is 18.0. The number of ketones is 1. The minimum Gasteiger partial charge on any atom is -0.459 e. The van der Waals surface area contributed by atoms with Gasteiger partial charge in [-0.25, -0.2) is 9.59 Å². The molecule has 12 heteroatoms. The molecule has 4 atom stereocenters. The van der Waals surface area contributed by atoms with Gasteiger partial charge in [-0.15, -0.1) is 0 Å². The highest BCUT2D eigenvalue weighted by Gasteiger charge is 2.42. The van der Waals surface area contributed by atoms with Crippen LogP contribution in [0, 0.1) is 11.3 Å². The molecule has 1 aliphatic heterocycles. The van der Waals surface area contributed by atoms with E-state index in [1.807, 2.05) is 37.3 Å². The van der Waals surface area contributed by atoms with E-state index in [1.54, 1.807) is 20.8 Å². The van der Waals surface area contributed by atoms with Gasteiger partial charge in [-0.3, -0.25) is 19.2 Å². The topological polar surface area (TPSA) is 177 Å². The van der Waals surface area contributed by atoms with E-state index in [4.69, 9.17) is 10.5 Å². The predicted octanol–water partition coefficient (Wildman–Crippen LogP) is 2.58. The van der Waals surface area contributed by atoms with Crippen molar-refractivity contribution < 1.29 is 33.5 Å². The molecule has 3 rings (SSSR count). The van der Waals surface area contributed by atoms with E-state index in [-0.39, 0.29) is 13.2 Å². The monoisotopic (exact) mass is 615 g/mol. The largest absolute Gasteiger partial charge is 0.459 e. The molecule has 5 N–H and O–H groups in total. The first-order valence-corrected chi connectivity index (χ1v) is 15.4. The number of carbonyl (C=O) groups is 6. The smallest absolute Gasteiger partial charge is 0.329 e. The summed E-state index contributed by atoms with van der Waals surface area (Å²) < 4.78 is 5.39. The SMILES string of the molecule is CC1CC1.CCC[C@H](NC(=O)NC(C(=O)N1CCCC1C(=O)NC(C)C(=O)C(N)=O)C(C)(C)C)C(=O)OCc1ccccc1. The van der Waals surface area contributed by atoms with Gasteiger partial charge in [0.15, 0.2) is 0 Å². The van der Waals surface area contributed by atoms with Gasteiger partial charge in [0.05, 0.1) is 6.04 Å². The van der Waals surface area contributed by atoms with Crippen molar-refractivity contribution in [2.75, 3.05) is 6.54 Å². The number of urea groups is 1. The van der Waals surface area contributed by atoms with Crippen molar-refractivity contribution in [1.29, 1.82) is 0 Å². The van der Waals surface area contributed by atoms with Gasteiger partial charge in [-0.2, -0.15) is 0 Å². The molecule has 5 amide bonds. The summed E-state index contributed by atoms with van der Waals surface area (Å²) in [5, 5.41) is 7.77. The number of likely N-dealkylation sites (tertiary alicyclic amines) is 1. The van der Waals surface area contributed by atoms with Gasteiger partial charge >= 0.3 is 12.0 Å². The maximum atomic E-state index is 13.6. The van der Waals surface area contributed by atoms with Crippen molar-refractivity contribution in [3.8, 4) is 0 Å². The molecule has 3 unspecified atom stereocenters. The van der Waals surface area contributed by atoms with Crippen molar-refractivity contribution in [2.45, 2.75) is 111 Å². The Morgan fingerprint density at radius 2 is 1.61 bits per heavy atom. The zero-order valence-electron chi connectivity index (χ0n) is 26.8. The lowest BCUT2D eigenvalue weighted by molar-refractivity contribution is -0.147. The summed E-state index contributed by atoms with van der Waals surface area (Å²) in [6.45, 7) is 11.1. The molecule has 1 aliphatic carbocycles. The molecule has 244 valence electrons. The Kier molecular flexibility index (Phi) is 13.8. The molecule has 44 heavy (non-hydrogen) atoms. The average Bonchev–Trinajstić information content (AvgIpc) is 3.59. The molecule has 0 radical (unpaired) electrons. The number of benzene rings is 1. The van der Waals surface area contributed by atoms with Gasteiger partial charge in [0, 0.05) is 6.54 Å². The van der Waals surface area contributed by atoms with Crippen molar-refractivity contribution in [1.82, 2.24) is 20.9 Å². The van der Waals surface area contributed by atoms with Crippen LogP contribution in [0.5, 0.6) is 0 Å². The second kappa shape index (κ2) is 16.8. The Morgan fingerprint density at radius 3 is 2.14 bits per heavy atom. The van der Waals surface area contributed by atoms with Crippen LogP contribution in [0.4, 0.5) is 4.79 Å². The van der Waals surface area contributed by atoms with Crippen molar-refractivity contribution >= 4 is 35.5 Å². The highest BCUT2D eigenvalue weighted by molar-refractivity contribution is 6.37. The molecule has 1 heterocycles. The Bertz CT molecular complexity index is 1160. The number of Topliss-reactive ketones (excluding diaryl/α,β-unsaturated/α-hetero) is 1. The molecule has 2 aliphatic rings. The Morgan fingerprint density at radius 1 is 1.00 bits per heavy atom. The first kappa shape index (κ1) is 36.2. The lowest BCUT2D eigenvalue weighted by Gasteiger charge is -2.35. The summed E-state index contributed by atoms with van der Waals surface area (Å²) in [7, 11) is 0. The summed E-state index contributed by atoms with van der Waals surface area (Å²) in [6, 6.07) is 4.47. The van der Waals surface area contributed by atoms with Gasteiger partial charge in [0.1, 0.15) is 24.7 Å². The number of rotatable bonds is 12. The summed E-state index contributed by atoms with van der Waals surface area (Å²) in [4.78, 5) is 76.6. The predicted molar refractivity (Wildman–Crippen MR) is 165 cm³/mol. The van der Waals surface area contributed by atoms with E-state index in [9.17, 15) is 28.8 Å². The van der Waals surface area contributed by atoms with E-state index < -0.39 is 65.1 Å². The van der Waals surface area contributed by atoms with Crippen LogP contribution in [-0.2, 0) is 35.3 Å². The van der Waals surface area contributed by atoms with E-state index >= 15 is 0 Å². The van der Waals surface area contributed by atoms with E-state index in [2.05, 4.69) is 22.9 Å². The molecule has 0 aromatic heterocycles. The van der Waals surface area contributed by atoms with Crippen LogP contribution < -0.4 is 21.7 Å². The molecule has 1 saturated carbocycles. The molecular weight excluding hydrogens is 566 g/mol. The van der Waals surface area contributed by atoms with E-state index in [1.165, 1.54) is 24.7 Å². The van der Waals surface area contributed by atoms with Gasteiger partial charge < -0.3 is 31.3 Å². The minimum absolute atomic E-state index is 0.0638. The highest BCUT2D eigenvalue weighted by Crippen LogP contribution is 2.27. The maximum absolute atomic E-state index is 13.6. The summed E-state index contributed by atoms with van der Waals surface area (Å²) >= 11 is 0. The third-order valence-corrected chi connectivity index (χ3v) is 7.48. The van der Waals surface area contributed by atoms with Crippen LogP contribution in [-0.4, -0.2) is 71.1 Å². The van der Waals surface area contributed by atoms with Crippen LogP contribution >= 0.6 is 0 Å². The molecule has 2 fully saturated rings. The van der Waals surface area contributed by atoms with E-state index in [0.717, 1.165) is 11.5 Å². The number of nitrogens with two attached hydrogens (primary N) is 1. The molecule has 1 aromatic rings. The molecule has 1 aromatic carbocycles. The standard InChI is InChI=1S/C28H41N5O7.C4H8/c1-6-11-19(26(38)40-16-18-12-8-7-9-13-18)31-27(39)32-22(28(3,4)5)25(37)33-15-10-14-20(33)24(36)30-17(2)21(34)23(29)35;1-4-2-3-4/h7-9,12-13,17,19-20,22H,6,10-11,14-16H2,1-5H3,(H2,29,35)(H,30,36)(H2,31,32,39);4H,2-3H2,1H3/t17?,19-,20?,22?;/m0./s1. The zero-order chi connectivity index (χ0) is 33.0. The van der Waals surface area contributed by atoms with Crippen molar-refractivity contribution in [3.05, 3.63) is 35.9 Å². The number of primary amides is 1. The molecular formula is C32H49N5O7. The first-order valence-electron chi connectivity index (χ1n) is 15.4. The number of nitrogens with one attached hydrogen (secondary N) is 3. The van der Waals surface area contributed by atoms with E-state index in [0.29, 0.717) is 25.7 Å². The van der Waals surface area contributed by atoms with Crippen LogP contribution in [0.1, 0.15) is 85.6 Å².